The topological polar surface area (TPSA) is 61.2 Å². The van der Waals surface area contributed by atoms with Crippen LogP contribution in [0.5, 0.6) is 0 Å². The van der Waals surface area contributed by atoms with Gasteiger partial charge in [0.25, 0.3) is 0 Å². The first-order valence-corrected chi connectivity index (χ1v) is 11.8. The van der Waals surface area contributed by atoms with Crippen LogP contribution in [0.25, 0.3) is 12.2 Å². The number of carbonyl (C=O) groups excluding carboxylic acids is 2. The molecule has 0 amide bonds. The van der Waals surface area contributed by atoms with Crippen LogP contribution >= 0.6 is 0 Å². The molecular weight excluding hydrogens is 424 g/mol. The zero-order chi connectivity index (χ0) is 24.5. The molecule has 0 aliphatic heterocycles. The van der Waals surface area contributed by atoms with E-state index < -0.39 is 5.41 Å². The van der Waals surface area contributed by atoms with Gasteiger partial charge in [0.2, 0.25) is 0 Å². The number of ether oxygens (including phenoxy) is 1. The Bertz CT molecular complexity index is 1230. The van der Waals surface area contributed by atoms with E-state index in [4.69, 9.17) is 4.74 Å². The summed E-state index contributed by atoms with van der Waals surface area (Å²) in [6.45, 7) is 11.1. The molecule has 0 radical (unpaired) electrons. The van der Waals surface area contributed by atoms with Crippen LogP contribution in [-0.4, -0.2) is 28.1 Å². The maximum Gasteiger partial charge on any atom is 0.338 e. The van der Waals surface area contributed by atoms with Crippen molar-refractivity contribution >= 4 is 23.9 Å². The van der Waals surface area contributed by atoms with E-state index in [1.54, 1.807) is 25.3 Å². The Kier molecular flexibility index (Phi) is 6.30. The smallest absolute Gasteiger partial charge is 0.338 e. The van der Waals surface area contributed by atoms with Gasteiger partial charge in [-0.15, -0.1) is 0 Å². The summed E-state index contributed by atoms with van der Waals surface area (Å²) in [6, 6.07) is 13.7. The van der Waals surface area contributed by atoms with Crippen molar-refractivity contribution in [3.63, 3.8) is 0 Å². The highest BCUT2D eigenvalue weighted by Crippen LogP contribution is 2.45. The Morgan fingerprint density at radius 1 is 1.09 bits per heavy atom. The normalized spacial score (nSPS) is 16.4. The van der Waals surface area contributed by atoms with Gasteiger partial charge >= 0.3 is 5.97 Å². The van der Waals surface area contributed by atoms with Gasteiger partial charge in [0.05, 0.1) is 18.7 Å². The van der Waals surface area contributed by atoms with E-state index in [1.165, 1.54) is 5.56 Å². The number of hydrogen-bond donors (Lipinski definition) is 0. The molecule has 0 fully saturated rings. The molecule has 0 N–H and O–H groups in total. The van der Waals surface area contributed by atoms with E-state index in [0.717, 1.165) is 22.3 Å². The number of esters is 1. The molecule has 5 heteroatoms. The fourth-order valence-electron chi connectivity index (χ4n) is 4.60. The quantitative estimate of drug-likeness (QED) is 0.347. The van der Waals surface area contributed by atoms with Crippen LogP contribution in [0.15, 0.2) is 54.9 Å². The molecule has 2 aromatic carbocycles. The van der Waals surface area contributed by atoms with Crippen molar-refractivity contribution in [2.45, 2.75) is 58.4 Å². The van der Waals surface area contributed by atoms with E-state index in [9.17, 15) is 9.59 Å². The lowest BCUT2D eigenvalue weighted by Gasteiger charge is -2.41. The van der Waals surface area contributed by atoms with Crippen molar-refractivity contribution in [2.75, 3.05) is 6.61 Å². The molecular formula is C29H32N2O3. The molecule has 1 aromatic heterocycles. The highest BCUT2D eigenvalue weighted by molar-refractivity contribution is 5.93. The fraction of sp³-hybridized carbons (Fsp3) is 0.345. The Morgan fingerprint density at radius 2 is 1.82 bits per heavy atom. The van der Waals surface area contributed by atoms with Gasteiger partial charge in [-0.25, -0.2) is 4.79 Å². The third-order valence-electron chi connectivity index (χ3n) is 6.75. The fourth-order valence-corrected chi connectivity index (χ4v) is 4.60. The van der Waals surface area contributed by atoms with E-state index in [1.807, 2.05) is 49.0 Å². The van der Waals surface area contributed by atoms with Crippen LogP contribution in [0.4, 0.5) is 0 Å². The molecule has 0 saturated carbocycles. The maximum atomic E-state index is 13.0. The second-order valence-corrected chi connectivity index (χ2v) is 10.1. The van der Waals surface area contributed by atoms with Crippen LogP contribution < -0.4 is 0 Å². The summed E-state index contributed by atoms with van der Waals surface area (Å²) >= 11 is 0. The van der Waals surface area contributed by atoms with Crippen molar-refractivity contribution in [3.05, 3.63) is 88.2 Å². The summed E-state index contributed by atoms with van der Waals surface area (Å²) in [5.74, 6) is -0.0435. The van der Waals surface area contributed by atoms with Gasteiger partial charge < -0.3 is 4.74 Å². The predicted octanol–water partition coefficient (Wildman–Crippen LogP) is 5.81. The van der Waals surface area contributed by atoms with Crippen LogP contribution in [0.1, 0.15) is 79.2 Å². The Labute approximate surface area is 201 Å². The van der Waals surface area contributed by atoms with E-state index >= 15 is 0 Å². The number of benzene rings is 2. The predicted molar refractivity (Wildman–Crippen MR) is 135 cm³/mol. The van der Waals surface area contributed by atoms with Crippen molar-refractivity contribution in [3.8, 4) is 0 Å². The lowest BCUT2D eigenvalue weighted by atomic mass is 9.62. The van der Waals surface area contributed by atoms with Crippen molar-refractivity contribution in [1.29, 1.82) is 0 Å². The minimum atomic E-state index is -0.529. The number of carbonyl (C=O) groups is 2. The van der Waals surface area contributed by atoms with Gasteiger partial charge in [0.15, 0.2) is 0 Å². The maximum absolute atomic E-state index is 13.0. The molecule has 1 heterocycles. The zero-order valence-corrected chi connectivity index (χ0v) is 20.6. The molecule has 0 spiro atoms. The summed E-state index contributed by atoms with van der Waals surface area (Å²) in [6.07, 6.45) is 8.40. The summed E-state index contributed by atoms with van der Waals surface area (Å²) in [4.78, 5) is 24.9. The number of nitrogens with zero attached hydrogens (tertiary/aromatic N) is 2. The molecule has 4 rings (SSSR count). The average molecular weight is 457 g/mol. The van der Waals surface area contributed by atoms with E-state index in [0.29, 0.717) is 25.1 Å². The van der Waals surface area contributed by atoms with E-state index in [2.05, 4.69) is 37.2 Å². The van der Waals surface area contributed by atoms with E-state index in [-0.39, 0.29) is 17.2 Å². The molecule has 34 heavy (non-hydrogen) atoms. The highest BCUT2D eigenvalue weighted by Gasteiger charge is 2.43. The summed E-state index contributed by atoms with van der Waals surface area (Å²) in [7, 11) is 0. The minimum Gasteiger partial charge on any atom is -0.462 e. The first kappa shape index (κ1) is 23.7. The number of Topliss-reactive ketones (excluding diaryl/α,β-unsaturated/α-hetero) is 1. The Balaban J connectivity index is 1.75. The first-order chi connectivity index (χ1) is 16.1. The number of ketones is 1. The number of aromatic nitrogens is 2. The van der Waals surface area contributed by atoms with Gasteiger partial charge in [-0.2, -0.15) is 5.10 Å². The minimum absolute atomic E-state index is 0.216. The van der Waals surface area contributed by atoms with Crippen molar-refractivity contribution in [2.24, 2.45) is 0 Å². The van der Waals surface area contributed by atoms with Gasteiger partial charge in [-0.1, -0.05) is 50.3 Å². The molecule has 0 atom stereocenters. The molecule has 1 aliphatic rings. The molecule has 0 saturated heterocycles. The van der Waals surface area contributed by atoms with Gasteiger partial charge in [0.1, 0.15) is 5.78 Å². The zero-order valence-electron chi connectivity index (χ0n) is 20.6. The summed E-state index contributed by atoms with van der Waals surface area (Å²) in [5.41, 5.74) is 5.30. The second-order valence-electron chi connectivity index (χ2n) is 10.1. The number of hydrogen-bond acceptors (Lipinski definition) is 4. The van der Waals surface area contributed by atoms with Crippen molar-refractivity contribution in [1.82, 2.24) is 9.78 Å². The first-order valence-electron chi connectivity index (χ1n) is 11.8. The Morgan fingerprint density at radius 3 is 2.47 bits per heavy atom. The second kappa shape index (κ2) is 9.05. The number of fused-ring (bicyclic) bond motifs is 1. The lowest BCUT2D eigenvalue weighted by molar-refractivity contribution is -0.125. The molecule has 0 unspecified atom stereocenters. The third-order valence-corrected chi connectivity index (χ3v) is 6.75. The third kappa shape index (κ3) is 4.60. The monoisotopic (exact) mass is 456 g/mol. The molecule has 0 bridgehead atoms. The highest BCUT2D eigenvalue weighted by atomic mass is 16.5. The SMILES string of the molecule is CCOC(=O)c1ccc(/C=C/c2cc3c(cc2Cn2cccn2)C(C)(C)CC(=O)C3(C)C)cc1. The van der Waals surface area contributed by atoms with Gasteiger partial charge in [-0.05, 0) is 72.2 Å². The lowest BCUT2D eigenvalue weighted by Crippen LogP contribution is -2.42. The van der Waals surface area contributed by atoms with Gasteiger partial charge in [-0.3, -0.25) is 9.48 Å². The Hall–Kier alpha value is -3.47. The van der Waals surface area contributed by atoms with Crippen LogP contribution in [-0.2, 0) is 26.9 Å². The summed E-state index contributed by atoms with van der Waals surface area (Å²) < 4.78 is 6.98. The van der Waals surface area contributed by atoms with Crippen molar-refractivity contribution < 1.29 is 14.3 Å². The molecule has 5 nitrogen and oxygen atoms in total. The molecule has 1 aliphatic carbocycles. The standard InChI is InChI=1S/C29H32N2O3/c1-6-34-27(33)21-11-8-20(9-12-21)10-13-22-16-25-24(17-23(22)19-31-15-7-14-30-31)28(2,3)18-26(32)29(25,4)5/h7-17H,6,18-19H2,1-5H3/b13-10+. The summed E-state index contributed by atoms with van der Waals surface area (Å²) in [5, 5.41) is 4.40. The average Bonchev–Trinajstić information content (AvgIpc) is 3.30. The molecule has 3 aromatic rings. The van der Waals surface area contributed by atoms with Crippen LogP contribution in [0.2, 0.25) is 0 Å². The largest absolute Gasteiger partial charge is 0.462 e. The molecule has 176 valence electrons. The number of rotatable bonds is 6. The van der Waals surface area contributed by atoms with Crippen LogP contribution in [0, 0.1) is 0 Å². The van der Waals surface area contributed by atoms with Gasteiger partial charge in [0, 0.05) is 24.2 Å². The van der Waals surface area contributed by atoms with Crippen LogP contribution in [0.3, 0.4) is 0 Å².